The first-order valence-corrected chi connectivity index (χ1v) is 8.65. The van der Waals surface area contributed by atoms with E-state index in [1.54, 1.807) is 0 Å². The lowest BCUT2D eigenvalue weighted by Crippen LogP contribution is -2.47. The van der Waals surface area contributed by atoms with Gasteiger partial charge in [0, 0.05) is 11.3 Å². The van der Waals surface area contributed by atoms with Crippen molar-refractivity contribution >= 4 is 16.9 Å². The van der Waals surface area contributed by atoms with E-state index in [0.717, 1.165) is 17.6 Å². The molecule has 108 valence electrons. The molecule has 0 bridgehead atoms. The van der Waals surface area contributed by atoms with Crippen molar-refractivity contribution in [3.8, 4) is 0 Å². The smallest absolute Gasteiger partial charge is 0.157 e. The Morgan fingerprint density at radius 3 is 3.05 bits per heavy atom. The second-order valence-electron chi connectivity index (χ2n) is 6.44. The maximum atomic E-state index is 4.80. The Hall–Kier alpha value is -0.960. The molecule has 0 radical (unpaired) electrons. The first kappa shape index (κ1) is 14.0. The molecule has 2 unspecified atom stereocenters. The summed E-state index contributed by atoms with van der Waals surface area (Å²) in [6.45, 7) is 5.35. The van der Waals surface area contributed by atoms with E-state index in [2.05, 4.69) is 43.4 Å². The van der Waals surface area contributed by atoms with E-state index < -0.39 is 0 Å². The SMILES string of the molecule is Cc1ccccc1CN=C1NC2(CCCC(C)C2)CS1. The number of nitrogens with one attached hydrogen (secondary N) is 1. The van der Waals surface area contributed by atoms with Crippen LogP contribution in [0.4, 0.5) is 0 Å². The number of rotatable bonds is 2. The number of aliphatic imine (C=N–C) groups is 1. The standard InChI is InChI=1S/C17H24N2S/c1-13-6-5-9-17(10-13)12-20-16(19-17)18-11-15-8-4-3-7-14(15)2/h3-4,7-8,13H,5-6,9-12H2,1-2H3,(H,18,19). The Bertz CT molecular complexity index is 511. The first-order chi connectivity index (χ1) is 9.67. The van der Waals surface area contributed by atoms with E-state index in [0.29, 0.717) is 5.54 Å². The van der Waals surface area contributed by atoms with Crippen LogP contribution in [0.25, 0.3) is 0 Å². The Balaban J connectivity index is 1.65. The van der Waals surface area contributed by atoms with Gasteiger partial charge >= 0.3 is 0 Å². The lowest BCUT2D eigenvalue weighted by molar-refractivity contribution is 0.242. The zero-order valence-electron chi connectivity index (χ0n) is 12.5. The van der Waals surface area contributed by atoms with Crippen LogP contribution in [0.5, 0.6) is 0 Å². The molecule has 1 aliphatic carbocycles. The minimum absolute atomic E-state index is 0.340. The molecule has 2 fully saturated rings. The third kappa shape index (κ3) is 3.03. The fourth-order valence-electron chi connectivity index (χ4n) is 3.44. The van der Waals surface area contributed by atoms with Crippen molar-refractivity contribution in [2.75, 3.05) is 5.75 Å². The molecule has 1 aromatic rings. The maximum absolute atomic E-state index is 4.80. The summed E-state index contributed by atoms with van der Waals surface area (Å²) < 4.78 is 0. The van der Waals surface area contributed by atoms with Gasteiger partial charge in [0.15, 0.2) is 5.17 Å². The summed E-state index contributed by atoms with van der Waals surface area (Å²) >= 11 is 1.91. The van der Waals surface area contributed by atoms with Gasteiger partial charge in [-0.15, -0.1) is 0 Å². The van der Waals surface area contributed by atoms with Crippen LogP contribution in [0.3, 0.4) is 0 Å². The van der Waals surface area contributed by atoms with Crippen molar-refractivity contribution in [2.45, 2.75) is 51.6 Å². The maximum Gasteiger partial charge on any atom is 0.157 e. The molecule has 0 amide bonds. The van der Waals surface area contributed by atoms with Crippen LogP contribution >= 0.6 is 11.8 Å². The van der Waals surface area contributed by atoms with Gasteiger partial charge in [0.05, 0.1) is 6.54 Å². The van der Waals surface area contributed by atoms with E-state index in [-0.39, 0.29) is 0 Å². The van der Waals surface area contributed by atoms with Gasteiger partial charge in [-0.25, -0.2) is 0 Å². The van der Waals surface area contributed by atoms with E-state index in [1.165, 1.54) is 42.6 Å². The second kappa shape index (κ2) is 5.80. The summed E-state index contributed by atoms with van der Waals surface area (Å²) in [6.07, 6.45) is 5.38. The summed E-state index contributed by atoms with van der Waals surface area (Å²) in [5.41, 5.74) is 3.01. The monoisotopic (exact) mass is 288 g/mol. The number of nitrogens with zero attached hydrogens (tertiary/aromatic N) is 1. The number of hydrogen-bond acceptors (Lipinski definition) is 2. The van der Waals surface area contributed by atoms with E-state index >= 15 is 0 Å². The van der Waals surface area contributed by atoms with Gasteiger partial charge in [-0.2, -0.15) is 0 Å². The molecule has 1 spiro atoms. The summed E-state index contributed by atoms with van der Waals surface area (Å²) in [5, 5.41) is 4.89. The summed E-state index contributed by atoms with van der Waals surface area (Å²) in [7, 11) is 0. The van der Waals surface area contributed by atoms with Crippen molar-refractivity contribution in [1.29, 1.82) is 0 Å². The lowest BCUT2D eigenvalue weighted by Gasteiger charge is -2.36. The van der Waals surface area contributed by atoms with Crippen molar-refractivity contribution in [2.24, 2.45) is 10.9 Å². The number of benzene rings is 1. The Kier molecular flexibility index (Phi) is 4.06. The number of amidine groups is 1. The fourth-order valence-corrected chi connectivity index (χ4v) is 4.63. The molecule has 1 aromatic carbocycles. The molecule has 1 saturated carbocycles. The van der Waals surface area contributed by atoms with Crippen molar-refractivity contribution in [3.05, 3.63) is 35.4 Å². The Morgan fingerprint density at radius 1 is 1.40 bits per heavy atom. The highest BCUT2D eigenvalue weighted by molar-refractivity contribution is 8.14. The number of thioether (sulfide) groups is 1. The quantitative estimate of drug-likeness (QED) is 0.884. The largest absolute Gasteiger partial charge is 0.359 e. The fraction of sp³-hybridized carbons (Fsp3) is 0.588. The van der Waals surface area contributed by atoms with E-state index in [1.807, 2.05) is 11.8 Å². The molecular weight excluding hydrogens is 264 g/mol. The molecule has 3 rings (SSSR count). The zero-order valence-corrected chi connectivity index (χ0v) is 13.3. The third-order valence-electron chi connectivity index (χ3n) is 4.60. The first-order valence-electron chi connectivity index (χ1n) is 7.67. The minimum Gasteiger partial charge on any atom is -0.359 e. The predicted molar refractivity (Wildman–Crippen MR) is 88.3 cm³/mol. The Morgan fingerprint density at radius 2 is 2.25 bits per heavy atom. The van der Waals surface area contributed by atoms with Crippen LogP contribution in [0.2, 0.25) is 0 Å². The Labute approximate surface area is 126 Å². The van der Waals surface area contributed by atoms with Crippen LogP contribution in [-0.2, 0) is 6.54 Å². The van der Waals surface area contributed by atoms with Gasteiger partial charge in [-0.1, -0.05) is 55.8 Å². The normalized spacial score (nSPS) is 31.7. The van der Waals surface area contributed by atoms with Gasteiger partial charge in [0.2, 0.25) is 0 Å². The lowest BCUT2D eigenvalue weighted by atomic mass is 9.78. The van der Waals surface area contributed by atoms with Gasteiger partial charge in [-0.05, 0) is 36.8 Å². The molecule has 1 N–H and O–H groups in total. The van der Waals surface area contributed by atoms with Crippen LogP contribution in [-0.4, -0.2) is 16.5 Å². The average Bonchev–Trinajstić information content (AvgIpc) is 2.80. The third-order valence-corrected chi connectivity index (χ3v) is 5.80. The van der Waals surface area contributed by atoms with E-state index in [4.69, 9.17) is 4.99 Å². The second-order valence-corrected chi connectivity index (χ2v) is 7.41. The number of hydrogen-bond donors (Lipinski definition) is 1. The highest BCUT2D eigenvalue weighted by atomic mass is 32.2. The topological polar surface area (TPSA) is 24.4 Å². The molecule has 2 aliphatic rings. The van der Waals surface area contributed by atoms with Crippen LogP contribution in [0.15, 0.2) is 29.3 Å². The van der Waals surface area contributed by atoms with Gasteiger partial charge < -0.3 is 5.32 Å². The molecule has 2 nitrogen and oxygen atoms in total. The minimum atomic E-state index is 0.340. The molecule has 1 saturated heterocycles. The average molecular weight is 288 g/mol. The van der Waals surface area contributed by atoms with E-state index in [9.17, 15) is 0 Å². The zero-order chi connectivity index (χ0) is 14.0. The van der Waals surface area contributed by atoms with Crippen molar-refractivity contribution < 1.29 is 0 Å². The molecule has 1 heterocycles. The van der Waals surface area contributed by atoms with Crippen molar-refractivity contribution in [3.63, 3.8) is 0 Å². The molecule has 2 atom stereocenters. The highest BCUT2D eigenvalue weighted by Crippen LogP contribution is 2.38. The van der Waals surface area contributed by atoms with Gasteiger partial charge in [0.25, 0.3) is 0 Å². The summed E-state index contributed by atoms with van der Waals surface area (Å²) in [5.74, 6) is 2.05. The van der Waals surface area contributed by atoms with Crippen LogP contribution < -0.4 is 5.32 Å². The summed E-state index contributed by atoms with van der Waals surface area (Å²) in [4.78, 5) is 4.80. The molecule has 3 heteroatoms. The molecule has 20 heavy (non-hydrogen) atoms. The van der Waals surface area contributed by atoms with Crippen molar-refractivity contribution in [1.82, 2.24) is 5.32 Å². The van der Waals surface area contributed by atoms with Crippen LogP contribution in [0.1, 0.15) is 43.7 Å². The molecule has 0 aromatic heterocycles. The highest BCUT2D eigenvalue weighted by Gasteiger charge is 2.40. The number of aryl methyl sites for hydroxylation is 1. The molecule has 1 aliphatic heterocycles. The van der Waals surface area contributed by atoms with Gasteiger partial charge in [0.1, 0.15) is 0 Å². The molecular formula is C17H24N2S. The van der Waals surface area contributed by atoms with Gasteiger partial charge in [-0.3, -0.25) is 4.99 Å². The predicted octanol–water partition coefficient (Wildman–Crippen LogP) is 4.14. The summed E-state index contributed by atoms with van der Waals surface area (Å²) in [6, 6.07) is 8.53. The van der Waals surface area contributed by atoms with Crippen LogP contribution in [0, 0.1) is 12.8 Å².